The molecule has 7 heteroatoms. The van der Waals surface area contributed by atoms with Crippen molar-refractivity contribution in [2.24, 2.45) is 5.16 Å². The monoisotopic (exact) mass is 410 g/mol. The molecule has 2 aromatic rings. The molecule has 0 saturated carbocycles. The van der Waals surface area contributed by atoms with Crippen molar-refractivity contribution in [1.29, 1.82) is 0 Å². The molecule has 4 rings (SSSR count). The topological polar surface area (TPSA) is 57.2 Å². The van der Waals surface area contributed by atoms with Gasteiger partial charge in [-0.15, -0.1) is 0 Å². The lowest BCUT2D eigenvalue weighted by Gasteiger charge is -2.36. The first-order chi connectivity index (χ1) is 14.5. The Bertz CT molecular complexity index is 926. The summed E-state index contributed by atoms with van der Waals surface area (Å²) in [5.74, 6) is -0.593. The Balaban J connectivity index is 1.44. The number of benzene rings is 2. The summed E-state index contributed by atoms with van der Waals surface area (Å²) in [5.41, 5.74) is 3.07. The molecule has 2 aliphatic rings. The first-order valence-corrected chi connectivity index (χ1v) is 10.3. The summed E-state index contributed by atoms with van der Waals surface area (Å²) in [4.78, 5) is 22.8. The van der Waals surface area contributed by atoms with E-state index in [0.717, 1.165) is 43.0 Å². The second-order valence-corrected chi connectivity index (χ2v) is 7.94. The van der Waals surface area contributed by atoms with Crippen molar-refractivity contribution >= 4 is 17.3 Å². The van der Waals surface area contributed by atoms with Crippen LogP contribution in [0.4, 0.5) is 10.1 Å². The molecule has 2 aromatic carbocycles. The van der Waals surface area contributed by atoms with Crippen molar-refractivity contribution in [2.45, 2.75) is 25.5 Å². The molecule has 158 valence electrons. The standard InChI is InChI=1S/C23H27FN4O2/c1-16(19-14-18(24)8-9-21(19)28-12-10-27(2)11-13-28)25-23(29)20-15-22(30-26-20)17-6-4-3-5-7-17/h3-9,14,16,22H,10-13,15H2,1-2H3,(H,25,29). The van der Waals surface area contributed by atoms with Gasteiger partial charge in [0.25, 0.3) is 5.91 Å². The Hall–Kier alpha value is -2.93. The normalized spacial score (nSPS) is 20.4. The van der Waals surface area contributed by atoms with Crippen LogP contribution in [0.3, 0.4) is 0 Å². The van der Waals surface area contributed by atoms with Gasteiger partial charge in [0.2, 0.25) is 0 Å². The van der Waals surface area contributed by atoms with Crippen LogP contribution in [0.15, 0.2) is 53.7 Å². The van der Waals surface area contributed by atoms with Gasteiger partial charge in [-0.25, -0.2) is 4.39 Å². The average Bonchev–Trinajstić information content (AvgIpc) is 3.25. The first kappa shape index (κ1) is 20.3. The van der Waals surface area contributed by atoms with Crippen molar-refractivity contribution in [3.63, 3.8) is 0 Å². The highest BCUT2D eigenvalue weighted by molar-refractivity contribution is 6.39. The number of amides is 1. The van der Waals surface area contributed by atoms with Crippen LogP contribution in [0.25, 0.3) is 0 Å². The summed E-state index contributed by atoms with van der Waals surface area (Å²) in [6.45, 7) is 5.51. The average molecular weight is 410 g/mol. The lowest BCUT2D eigenvalue weighted by Crippen LogP contribution is -2.45. The summed E-state index contributed by atoms with van der Waals surface area (Å²) in [5, 5.41) is 6.97. The van der Waals surface area contributed by atoms with Gasteiger partial charge < -0.3 is 20.0 Å². The zero-order chi connectivity index (χ0) is 21.1. The molecule has 2 heterocycles. The zero-order valence-corrected chi connectivity index (χ0v) is 17.3. The van der Waals surface area contributed by atoms with Crippen LogP contribution >= 0.6 is 0 Å². The van der Waals surface area contributed by atoms with Gasteiger partial charge in [-0.3, -0.25) is 4.79 Å². The van der Waals surface area contributed by atoms with Crippen LogP contribution in [-0.2, 0) is 9.63 Å². The van der Waals surface area contributed by atoms with E-state index in [2.05, 4.69) is 27.3 Å². The fourth-order valence-corrected chi connectivity index (χ4v) is 3.92. The van der Waals surface area contributed by atoms with Gasteiger partial charge in [0.15, 0.2) is 6.10 Å². The van der Waals surface area contributed by atoms with Gasteiger partial charge in [-0.1, -0.05) is 35.5 Å². The molecular formula is C23H27FN4O2. The number of nitrogens with one attached hydrogen (secondary N) is 1. The second-order valence-electron chi connectivity index (χ2n) is 7.94. The van der Waals surface area contributed by atoms with Crippen molar-refractivity contribution in [2.75, 3.05) is 38.1 Å². The van der Waals surface area contributed by atoms with E-state index in [1.54, 1.807) is 6.07 Å². The Kier molecular flexibility index (Phi) is 5.99. The molecule has 1 fully saturated rings. The summed E-state index contributed by atoms with van der Waals surface area (Å²) < 4.78 is 14.0. The second kappa shape index (κ2) is 8.83. The maximum absolute atomic E-state index is 14.0. The van der Waals surface area contributed by atoms with Gasteiger partial charge in [-0.05, 0) is 37.7 Å². The SMILES string of the molecule is CC(NC(=O)C1=NOC(c2ccccc2)C1)c1cc(F)ccc1N1CCN(C)CC1. The molecule has 30 heavy (non-hydrogen) atoms. The van der Waals surface area contributed by atoms with Crippen molar-refractivity contribution in [1.82, 2.24) is 10.2 Å². The number of oxime groups is 1. The van der Waals surface area contributed by atoms with Crippen LogP contribution in [-0.4, -0.2) is 49.7 Å². The minimum atomic E-state index is -0.360. The lowest BCUT2D eigenvalue weighted by molar-refractivity contribution is -0.115. The lowest BCUT2D eigenvalue weighted by atomic mass is 10.0. The number of hydrogen-bond donors (Lipinski definition) is 1. The van der Waals surface area contributed by atoms with Crippen LogP contribution in [0.2, 0.25) is 0 Å². The maximum atomic E-state index is 14.0. The number of anilines is 1. The van der Waals surface area contributed by atoms with E-state index in [1.165, 1.54) is 12.1 Å². The van der Waals surface area contributed by atoms with E-state index in [4.69, 9.17) is 4.84 Å². The van der Waals surface area contributed by atoms with Crippen molar-refractivity contribution in [3.8, 4) is 0 Å². The number of likely N-dealkylation sites (N-methyl/N-ethyl adjacent to an activating group) is 1. The van der Waals surface area contributed by atoms with E-state index >= 15 is 0 Å². The van der Waals surface area contributed by atoms with E-state index in [-0.39, 0.29) is 23.9 Å². The van der Waals surface area contributed by atoms with Gasteiger partial charge in [-0.2, -0.15) is 0 Å². The van der Waals surface area contributed by atoms with Gasteiger partial charge in [0.1, 0.15) is 11.5 Å². The maximum Gasteiger partial charge on any atom is 0.269 e. The van der Waals surface area contributed by atoms with Crippen LogP contribution in [0, 0.1) is 5.82 Å². The smallest absolute Gasteiger partial charge is 0.269 e. The largest absolute Gasteiger partial charge is 0.387 e. The highest BCUT2D eigenvalue weighted by Crippen LogP contribution is 2.30. The number of hydrogen-bond acceptors (Lipinski definition) is 5. The number of carbonyl (C=O) groups is 1. The molecule has 0 bridgehead atoms. The molecule has 2 aliphatic heterocycles. The molecule has 2 unspecified atom stereocenters. The molecule has 0 aliphatic carbocycles. The van der Waals surface area contributed by atoms with Gasteiger partial charge in [0, 0.05) is 43.9 Å². The number of carbonyl (C=O) groups excluding carboxylic acids is 1. The highest BCUT2D eigenvalue weighted by Gasteiger charge is 2.29. The Morgan fingerprint density at radius 2 is 1.90 bits per heavy atom. The third kappa shape index (κ3) is 4.46. The number of nitrogens with zero attached hydrogens (tertiary/aromatic N) is 3. The first-order valence-electron chi connectivity index (χ1n) is 10.3. The van der Waals surface area contributed by atoms with Crippen molar-refractivity contribution < 1.29 is 14.0 Å². The third-order valence-electron chi connectivity index (χ3n) is 5.75. The van der Waals surface area contributed by atoms with Gasteiger partial charge >= 0.3 is 0 Å². The highest BCUT2D eigenvalue weighted by atomic mass is 19.1. The van der Waals surface area contributed by atoms with E-state index < -0.39 is 0 Å². The fourth-order valence-electron chi connectivity index (χ4n) is 3.92. The summed E-state index contributed by atoms with van der Waals surface area (Å²) >= 11 is 0. The molecule has 6 nitrogen and oxygen atoms in total. The molecule has 2 atom stereocenters. The Morgan fingerprint density at radius 3 is 2.63 bits per heavy atom. The number of halogens is 1. The van der Waals surface area contributed by atoms with Crippen LogP contribution < -0.4 is 10.2 Å². The molecule has 1 amide bonds. The van der Waals surface area contributed by atoms with Crippen LogP contribution in [0.5, 0.6) is 0 Å². The Morgan fingerprint density at radius 1 is 1.17 bits per heavy atom. The van der Waals surface area contributed by atoms with E-state index in [0.29, 0.717) is 12.1 Å². The van der Waals surface area contributed by atoms with E-state index in [9.17, 15) is 9.18 Å². The molecule has 0 spiro atoms. The van der Waals surface area contributed by atoms with Crippen molar-refractivity contribution in [3.05, 3.63) is 65.5 Å². The molecule has 0 aromatic heterocycles. The predicted molar refractivity (Wildman–Crippen MR) is 115 cm³/mol. The summed E-state index contributed by atoms with van der Waals surface area (Å²) in [6, 6.07) is 14.2. The quantitative estimate of drug-likeness (QED) is 0.822. The van der Waals surface area contributed by atoms with Gasteiger partial charge in [0.05, 0.1) is 6.04 Å². The van der Waals surface area contributed by atoms with Crippen LogP contribution in [0.1, 0.15) is 36.6 Å². The zero-order valence-electron chi connectivity index (χ0n) is 17.3. The number of piperazine rings is 1. The number of rotatable bonds is 5. The summed E-state index contributed by atoms with van der Waals surface area (Å²) in [6.07, 6.45) is 0.161. The Labute approximate surface area is 176 Å². The minimum Gasteiger partial charge on any atom is -0.387 e. The molecule has 1 N–H and O–H groups in total. The predicted octanol–water partition coefficient (Wildman–Crippen LogP) is 3.27. The summed E-state index contributed by atoms with van der Waals surface area (Å²) in [7, 11) is 2.10. The molecule has 1 saturated heterocycles. The fraction of sp³-hybridized carbons (Fsp3) is 0.391. The van der Waals surface area contributed by atoms with E-state index in [1.807, 2.05) is 37.3 Å². The minimum absolute atomic E-state index is 0.252. The third-order valence-corrected chi connectivity index (χ3v) is 5.75. The molecule has 0 radical (unpaired) electrons. The molecular weight excluding hydrogens is 383 g/mol.